The summed E-state index contributed by atoms with van der Waals surface area (Å²) in [4.78, 5) is 4.32. The Morgan fingerprint density at radius 2 is 2.15 bits per heavy atom. The van der Waals surface area contributed by atoms with Gasteiger partial charge in [-0.3, -0.25) is 4.99 Å². The van der Waals surface area contributed by atoms with Crippen LogP contribution in [0, 0.1) is 0 Å². The van der Waals surface area contributed by atoms with Crippen molar-refractivity contribution in [3.8, 4) is 0 Å². The van der Waals surface area contributed by atoms with E-state index >= 15 is 0 Å². The molecule has 1 heterocycles. The van der Waals surface area contributed by atoms with Gasteiger partial charge in [-0.25, -0.2) is 0 Å². The summed E-state index contributed by atoms with van der Waals surface area (Å²) in [6.07, 6.45) is 5.01. The van der Waals surface area contributed by atoms with Gasteiger partial charge in [-0.05, 0) is 30.5 Å². The average Bonchev–Trinajstić information content (AvgIpc) is 3.28. The summed E-state index contributed by atoms with van der Waals surface area (Å²) < 4.78 is 2.06. The number of rotatable bonds is 7. The van der Waals surface area contributed by atoms with Gasteiger partial charge in [-0.1, -0.05) is 30.7 Å². The van der Waals surface area contributed by atoms with Gasteiger partial charge >= 0.3 is 0 Å². The zero-order chi connectivity index (χ0) is 17.7. The number of benzene rings is 1. The highest BCUT2D eigenvalue weighted by Crippen LogP contribution is 2.48. The van der Waals surface area contributed by atoms with E-state index in [9.17, 15) is 0 Å². The van der Waals surface area contributed by atoms with Crippen LogP contribution in [-0.4, -0.2) is 40.9 Å². The SMILES string of the molecule is CCc1nncn1CCNC(=NC)NCC1(c2cccc(Cl)c2)CC1.I. The first-order valence-corrected chi connectivity index (χ1v) is 9.12. The Kier molecular flexibility index (Phi) is 7.69. The van der Waals surface area contributed by atoms with Crippen molar-refractivity contribution < 1.29 is 0 Å². The van der Waals surface area contributed by atoms with Crippen molar-refractivity contribution in [1.82, 2.24) is 25.4 Å². The molecule has 0 spiro atoms. The first-order valence-electron chi connectivity index (χ1n) is 8.74. The molecule has 0 amide bonds. The Bertz CT molecular complexity index is 741. The standard InChI is InChI=1S/C18H25ClN6.HI/c1-3-16-24-23-13-25(16)10-9-21-17(20-2)22-12-18(7-8-18)14-5-4-6-15(19)11-14;/h4-6,11,13H,3,7-10,12H2,1-2H3,(H2,20,21,22);1H. The van der Waals surface area contributed by atoms with Gasteiger partial charge in [0.1, 0.15) is 12.2 Å². The molecule has 1 fully saturated rings. The van der Waals surface area contributed by atoms with Crippen LogP contribution in [0.5, 0.6) is 0 Å². The van der Waals surface area contributed by atoms with E-state index in [1.54, 1.807) is 13.4 Å². The number of aliphatic imine (C=N–C) groups is 1. The van der Waals surface area contributed by atoms with Gasteiger partial charge in [0.15, 0.2) is 5.96 Å². The van der Waals surface area contributed by atoms with Crippen molar-refractivity contribution in [2.75, 3.05) is 20.1 Å². The zero-order valence-corrected chi connectivity index (χ0v) is 18.3. The van der Waals surface area contributed by atoms with Crippen LogP contribution in [-0.2, 0) is 18.4 Å². The molecule has 26 heavy (non-hydrogen) atoms. The zero-order valence-electron chi connectivity index (χ0n) is 15.2. The van der Waals surface area contributed by atoms with Crippen molar-refractivity contribution in [1.29, 1.82) is 0 Å². The lowest BCUT2D eigenvalue weighted by Crippen LogP contribution is -2.42. The monoisotopic (exact) mass is 488 g/mol. The lowest BCUT2D eigenvalue weighted by Gasteiger charge is -2.19. The highest BCUT2D eigenvalue weighted by atomic mass is 127. The van der Waals surface area contributed by atoms with E-state index in [1.807, 2.05) is 12.1 Å². The van der Waals surface area contributed by atoms with Gasteiger partial charge in [-0.2, -0.15) is 0 Å². The molecular weight excluding hydrogens is 463 g/mol. The van der Waals surface area contributed by atoms with Crippen LogP contribution in [0.3, 0.4) is 0 Å². The predicted molar refractivity (Wildman–Crippen MR) is 117 cm³/mol. The molecule has 0 aliphatic heterocycles. The van der Waals surface area contributed by atoms with Gasteiger partial charge < -0.3 is 15.2 Å². The van der Waals surface area contributed by atoms with Crippen molar-refractivity contribution >= 4 is 41.5 Å². The Balaban J connectivity index is 0.00000243. The third-order valence-electron chi connectivity index (χ3n) is 4.77. The second-order valence-corrected chi connectivity index (χ2v) is 6.87. The maximum Gasteiger partial charge on any atom is 0.191 e. The Hall–Kier alpha value is -1.35. The summed E-state index contributed by atoms with van der Waals surface area (Å²) in [5.74, 6) is 1.82. The summed E-state index contributed by atoms with van der Waals surface area (Å²) in [5, 5.41) is 15.7. The molecule has 1 aromatic heterocycles. The van der Waals surface area contributed by atoms with Crippen molar-refractivity contribution in [2.24, 2.45) is 4.99 Å². The second-order valence-electron chi connectivity index (χ2n) is 6.44. The molecule has 2 aromatic rings. The summed E-state index contributed by atoms with van der Waals surface area (Å²) >= 11 is 6.14. The molecule has 6 nitrogen and oxygen atoms in total. The third kappa shape index (κ3) is 5.09. The number of aryl methyl sites for hydroxylation is 1. The topological polar surface area (TPSA) is 67.1 Å². The van der Waals surface area contributed by atoms with Gasteiger partial charge in [0.2, 0.25) is 0 Å². The first kappa shape index (κ1) is 21.0. The summed E-state index contributed by atoms with van der Waals surface area (Å²) in [7, 11) is 1.80. The third-order valence-corrected chi connectivity index (χ3v) is 5.00. The van der Waals surface area contributed by atoms with Crippen molar-refractivity contribution in [2.45, 2.75) is 38.1 Å². The summed E-state index contributed by atoms with van der Waals surface area (Å²) in [6.45, 7) is 4.53. The molecule has 3 rings (SSSR count). The molecule has 2 N–H and O–H groups in total. The van der Waals surface area contributed by atoms with E-state index in [-0.39, 0.29) is 29.4 Å². The number of guanidine groups is 1. The van der Waals surface area contributed by atoms with Crippen LogP contribution < -0.4 is 10.6 Å². The Labute approximate surface area is 176 Å². The number of hydrogen-bond donors (Lipinski definition) is 2. The summed E-state index contributed by atoms with van der Waals surface area (Å²) in [6, 6.07) is 8.18. The van der Waals surface area contributed by atoms with E-state index in [0.29, 0.717) is 0 Å². The molecule has 0 atom stereocenters. The van der Waals surface area contributed by atoms with Gasteiger partial charge in [-0.15, -0.1) is 34.2 Å². The minimum Gasteiger partial charge on any atom is -0.356 e. The van der Waals surface area contributed by atoms with Crippen LogP contribution >= 0.6 is 35.6 Å². The Morgan fingerprint density at radius 1 is 1.35 bits per heavy atom. The van der Waals surface area contributed by atoms with Crippen LogP contribution in [0.4, 0.5) is 0 Å². The Morgan fingerprint density at radius 3 is 2.81 bits per heavy atom. The molecule has 1 aliphatic rings. The average molecular weight is 489 g/mol. The highest BCUT2D eigenvalue weighted by Gasteiger charge is 2.44. The number of hydrogen-bond acceptors (Lipinski definition) is 3. The van der Waals surface area contributed by atoms with Crippen molar-refractivity contribution in [3.05, 3.63) is 47.0 Å². The largest absolute Gasteiger partial charge is 0.356 e. The molecule has 1 saturated carbocycles. The van der Waals surface area contributed by atoms with E-state index in [0.717, 1.165) is 42.9 Å². The van der Waals surface area contributed by atoms with Crippen LogP contribution in [0.15, 0.2) is 35.6 Å². The first-order chi connectivity index (χ1) is 12.2. The predicted octanol–water partition coefficient (Wildman–Crippen LogP) is 3.01. The lowest BCUT2D eigenvalue weighted by atomic mass is 9.96. The van der Waals surface area contributed by atoms with Crippen LogP contribution in [0.25, 0.3) is 0 Å². The lowest BCUT2D eigenvalue weighted by molar-refractivity contribution is 0.615. The minimum absolute atomic E-state index is 0. The van der Waals surface area contributed by atoms with E-state index in [4.69, 9.17) is 11.6 Å². The van der Waals surface area contributed by atoms with Gasteiger partial charge in [0.05, 0.1) is 0 Å². The fourth-order valence-electron chi connectivity index (χ4n) is 3.04. The van der Waals surface area contributed by atoms with Crippen LogP contribution in [0.2, 0.25) is 5.02 Å². The fourth-order valence-corrected chi connectivity index (χ4v) is 3.23. The number of nitrogens with one attached hydrogen (secondary N) is 2. The maximum absolute atomic E-state index is 6.14. The fraction of sp³-hybridized carbons (Fsp3) is 0.500. The minimum atomic E-state index is 0. The van der Waals surface area contributed by atoms with E-state index in [1.165, 1.54) is 18.4 Å². The number of nitrogens with zero attached hydrogens (tertiary/aromatic N) is 4. The molecule has 8 heteroatoms. The van der Waals surface area contributed by atoms with Gasteiger partial charge in [0, 0.05) is 43.5 Å². The second kappa shape index (κ2) is 9.55. The molecule has 0 bridgehead atoms. The van der Waals surface area contributed by atoms with Crippen molar-refractivity contribution in [3.63, 3.8) is 0 Å². The van der Waals surface area contributed by atoms with E-state index < -0.39 is 0 Å². The number of halogens is 2. The normalized spacial score (nSPS) is 15.3. The maximum atomic E-state index is 6.14. The van der Waals surface area contributed by atoms with Crippen LogP contribution in [0.1, 0.15) is 31.2 Å². The molecule has 1 aromatic carbocycles. The number of aromatic nitrogens is 3. The molecule has 0 saturated heterocycles. The van der Waals surface area contributed by atoms with Gasteiger partial charge in [0.25, 0.3) is 0 Å². The molecule has 0 radical (unpaired) electrons. The molecular formula is C18H26ClIN6. The smallest absolute Gasteiger partial charge is 0.191 e. The quantitative estimate of drug-likeness (QED) is 0.357. The molecule has 1 aliphatic carbocycles. The van der Waals surface area contributed by atoms with E-state index in [2.05, 4.69) is 49.4 Å². The molecule has 142 valence electrons. The molecule has 0 unspecified atom stereocenters. The summed E-state index contributed by atoms with van der Waals surface area (Å²) in [5.41, 5.74) is 1.49. The highest BCUT2D eigenvalue weighted by molar-refractivity contribution is 14.0.